The Morgan fingerprint density at radius 2 is 1.91 bits per heavy atom. The van der Waals surface area contributed by atoms with Crippen molar-refractivity contribution >= 4 is 22.5 Å². The summed E-state index contributed by atoms with van der Waals surface area (Å²) in [6.07, 6.45) is 2.27. The van der Waals surface area contributed by atoms with Crippen LogP contribution in [0.25, 0.3) is 10.9 Å². The Balaban J connectivity index is 1.65. The third kappa shape index (κ3) is 3.01. The Hall–Kier alpha value is -2.62. The van der Waals surface area contributed by atoms with Crippen molar-refractivity contribution in [3.63, 3.8) is 0 Å². The van der Waals surface area contributed by atoms with Crippen molar-refractivity contribution in [2.24, 2.45) is 0 Å². The Bertz CT molecular complexity index is 803. The summed E-state index contributed by atoms with van der Waals surface area (Å²) in [5, 5.41) is 8.43. The number of amides is 1. The van der Waals surface area contributed by atoms with Crippen molar-refractivity contribution < 1.29 is 4.79 Å². The van der Waals surface area contributed by atoms with Gasteiger partial charge in [0.2, 0.25) is 5.91 Å². The summed E-state index contributed by atoms with van der Waals surface area (Å²) in [7, 11) is 0. The molecule has 2 aromatic carbocycles. The number of rotatable bonds is 4. The normalized spacial score (nSPS) is 10.8. The minimum atomic E-state index is 0.000145. The van der Waals surface area contributed by atoms with Crippen LogP contribution in [-0.4, -0.2) is 15.7 Å². The molecule has 0 spiro atoms. The second-order valence-electron chi connectivity index (χ2n) is 5.54. The summed E-state index contributed by atoms with van der Waals surface area (Å²) < 4.78 is 1.89. The molecule has 0 saturated carbocycles. The van der Waals surface area contributed by atoms with Crippen molar-refractivity contribution in [1.29, 1.82) is 0 Å². The summed E-state index contributed by atoms with van der Waals surface area (Å²) in [6, 6.07) is 13.9. The second-order valence-corrected chi connectivity index (χ2v) is 5.54. The number of hydrogen-bond donors (Lipinski definition) is 1. The second kappa shape index (κ2) is 6.02. The Labute approximate surface area is 129 Å². The summed E-state index contributed by atoms with van der Waals surface area (Å²) in [5.41, 5.74) is 4.28. The van der Waals surface area contributed by atoms with E-state index in [1.807, 2.05) is 54.2 Å². The highest BCUT2D eigenvalue weighted by Gasteiger charge is 2.07. The van der Waals surface area contributed by atoms with Crippen molar-refractivity contribution in [3.05, 3.63) is 59.8 Å². The highest BCUT2D eigenvalue weighted by molar-refractivity contribution is 5.90. The number of aryl methyl sites for hydroxylation is 3. The molecule has 0 fully saturated rings. The zero-order valence-corrected chi connectivity index (χ0v) is 12.8. The largest absolute Gasteiger partial charge is 0.326 e. The number of aromatic nitrogens is 2. The average molecular weight is 293 g/mol. The molecule has 1 amide bonds. The van der Waals surface area contributed by atoms with Gasteiger partial charge in [0, 0.05) is 17.5 Å². The number of nitrogens with zero attached hydrogens (tertiary/aromatic N) is 2. The van der Waals surface area contributed by atoms with Crippen LogP contribution in [0.5, 0.6) is 0 Å². The first-order chi connectivity index (χ1) is 10.6. The van der Waals surface area contributed by atoms with Gasteiger partial charge in [-0.05, 0) is 37.6 Å². The van der Waals surface area contributed by atoms with Crippen LogP contribution in [0.1, 0.15) is 17.5 Å². The number of hydrogen-bond acceptors (Lipinski definition) is 2. The molecule has 4 nitrogen and oxygen atoms in total. The van der Waals surface area contributed by atoms with E-state index in [4.69, 9.17) is 0 Å². The van der Waals surface area contributed by atoms with Gasteiger partial charge in [0.15, 0.2) is 0 Å². The maximum atomic E-state index is 12.0. The van der Waals surface area contributed by atoms with Crippen molar-refractivity contribution in [2.75, 3.05) is 5.32 Å². The molecule has 1 heterocycles. The highest BCUT2D eigenvalue weighted by atomic mass is 16.1. The minimum absolute atomic E-state index is 0.000145. The molecular formula is C18H19N3O. The topological polar surface area (TPSA) is 46.9 Å². The number of carbonyl (C=O) groups is 1. The first-order valence-electron chi connectivity index (χ1n) is 7.41. The molecule has 1 N–H and O–H groups in total. The van der Waals surface area contributed by atoms with E-state index in [-0.39, 0.29) is 5.91 Å². The smallest absolute Gasteiger partial charge is 0.226 e. The van der Waals surface area contributed by atoms with E-state index < -0.39 is 0 Å². The number of benzene rings is 2. The number of anilines is 1. The van der Waals surface area contributed by atoms with E-state index in [9.17, 15) is 4.79 Å². The van der Waals surface area contributed by atoms with Crippen LogP contribution in [0, 0.1) is 13.8 Å². The molecule has 0 aliphatic heterocycles. The zero-order valence-electron chi connectivity index (χ0n) is 12.8. The lowest BCUT2D eigenvalue weighted by atomic mass is 10.1. The quantitative estimate of drug-likeness (QED) is 0.797. The summed E-state index contributed by atoms with van der Waals surface area (Å²) in [4.78, 5) is 12.0. The molecule has 0 aliphatic rings. The SMILES string of the molecule is Cc1ccc(NC(=O)CCn2ncc3c(C)cccc32)cc1. The van der Waals surface area contributed by atoms with E-state index in [0.717, 1.165) is 16.6 Å². The maximum absolute atomic E-state index is 12.0. The van der Waals surface area contributed by atoms with E-state index in [0.29, 0.717) is 13.0 Å². The predicted octanol–water partition coefficient (Wildman–Crippen LogP) is 3.68. The average Bonchev–Trinajstić information content (AvgIpc) is 2.92. The fourth-order valence-corrected chi connectivity index (χ4v) is 2.49. The van der Waals surface area contributed by atoms with Gasteiger partial charge in [-0.1, -0.05) is 29.8 Å². The van der Waals surface area contributed by atoms with Crippen LogP contribution in [-0.2, 0) is 11.3 Å². The first kappa shape index (κ1) is 14.3. The van der Waals surface area contributed by atoms with Crippen LogP contribution in [0.2, 0.25) is 0 Å². The number of fused-ring (bicyclic) bond motifs is 1. The van der Waals surface area contributed by atoms with E-state index in [1.54, 1.807) is 0 Å². The molecule has 0 atom stereocenters. The standard InChI is InChI=1S/C18H19N3O/c1-13-6-8-15(9-7-13)20-18(22)10-11-21-17-5-3-4-14(2)16(17)12-19-21/h3-9,12H,10-11H2,1-2H3,(H,20,22). The third-order valence-corrected chi connectivity index (χ3v) is 3.79. The summed E-state index contributed by atoms with van der Waals surface area (Å²) >= 11 is 0. The van der Waals surface area contributed by atoms with Crippen molar-refractivity contribution in [2.45, 2.75) is 26.8 Å². The Morgan fingerprint density at radius 3 is 2.68 bits per heavy atom. The third-order valence-electron chi connectivity index (χ3n) is 3.79. The zero-order chi connectivity index (χ0) is 15.5. The van der Waals surface area contributed by atoms with Gasteiger partial charge in [-0.2, -0.15) is 5.10 Å². The molecule has 1 aromatic heterocycles. The van der Waals surface area contributed by atoms with Gasteiger partial charge >= 0.3 is 0 Å². The molecule has 0 saturated heterocycles. The van der Waals surface area contributed by atoms with E-state index in [1.165, 1.54) is 11.1 Å². The van der Waals surface area contributed by atoms with Gasteiger partial charge in [-0.15, -0.1) is 0 Å². The van der Waals surface area contributed by atoms with Crippen LogP contribution in [0.4, 0.5) is 5.69 Å². The lowest BCUT2D eigenvalue weighted by Crippen LogP contribution is -2.14. The summed E-state index contributed by atoms with van der Waals surface area (Å²) in [6.45, 7) is 4.67. The first-order valence-corrected chi connectivity index (χ1v) is 7.41. The molecular weight excluding hydrogens is 274 g/mol. The van der Waals surface area contributed by atoms with Gasteiger partial charge in [0.25, 0.3) is 0 Å². The molecule has 0 unspecified atom stereocenters. The van der Waals surface area contributed by atoms with Crippen LogP contribution < -0.4 is 5.32 Å². The van der Waals surface area contributed by atoms with Crippen LogP contribution in [0.3, 0.4) is 0 Å². The minimum Gasteiger partial charge on any atom is -0.326 e. The molecule has 0 bridgehead atoms. The molecule has 3 rings (SSSR count). The van der Waals surface area contributed by atoms with Crippen LogP contribution >= 0.6 is 0 Å². The number of nitrogens with one attached hydrogen (secondary N) is 1. The molecule has 3 aromatic rings. The van der Waals surface area contributed by atoms with Gasteiger partial charge in [-0.25, -0.2) is 0 Å². The lowest BCUT2D eigenvalue weighted by Gasteiger charge is -2.07. The van der Waals surface area contributed by atoms with Crippen molar-refractivity contribution in [3.8, 4) is 0 Å². The van der Waals surface area contributed by atoms with Crippen LogP contribution in [0.15, 0.2) is 48.7 Å². The predicted molar refractivity (Wildman–Crippen MR) is 88.9 cm³/mol. The maximum Gasteiger partial charge on any atom is 0.226 e. The molecule has 112 valence electrons. The fourth-order valence-electron chi connectivity index (χ4n) is 2.49. The van der Waals surface area contributed by atoms with E-state index in [2.05, 4.69) is 23.4 Å². The summed E-state index contributed by atoms with van der Waals surface area (Å²) in [5.74, 6) is 0.000145. The molecule has 22 heavy (non-hydrogen) atoms. The Morgan fingerprint density at radius 1 is 1.14 bits per heavy atom. The number of carbonyl (C=O) groups excluding carboxylic acids is 1. The van der Waals surface area contributed by atoms with Gasteiger partial charge in [0.1, 0.15) is 0 Å². The molecule has 0 aliphatic carbocycles. The van der Waals surface area contributed by atoms with Gasteiger partial charge in [0.05, 0.1) is 18.3 Å². The van der Waals surface area contributed by atoms with Gasteiger partial charge < -0.3 is 5.32 Å². The molecule has 4 heteroatoms. The Kier molecular flexibility index (Phi) is 3.92. The highest BCUT2D eigenvalue weighted by Crippen LogP contribution is 2.18. The lowest BCUT2D eigenvalue weighted by molar-refractivity contribution is -0.116. The fraction of sp³-hybridized carbons (Fsp3) is 0.222. The van der Waals surface area contributed by atoms with Crippen molar-refractivity contribution in [1.82, 2.24) is 9.78 Å². The van der Waals surface area contributed by atoms with E-state index >= 15 is 0 Å². The molecule has 0 radical (unpaired) electrons. The van der Waals surface area contributed by atoms with Gasteiger partial charge in [-0.3, -0.25) is 9.48 Å². The monoisotopic (exact) mass is 293 g/mol.